The first-order valence-electron chi connectivity index (χ1n) is 4.46. The van der Waals surface area contributed by atoms with Crippen LogP contribution in [0.4, 0.5) is 13.2 Å². The molecule has 2 aromatic rings. The summed E-state index contributed by atoms with van der Waals surface area (Å²) in [6, 6.07) is 6.71. The maximum Gasteiger partial charge on any atom is 0.422 e. The molecule has 0 fully saturated rings. The number of alkyl halides is 3. The van der Waals surface area contributed by atoms with Gasteiger partial charge in [-0.25, -0.2) is 4.98 Å². The van der Waals surface area contributed by atoms with E-state index in [1.165, 1.54) is 6.20 Å². The van der Waals surface area contributed by atoms with Gasteiger partial charge in [0.2, 0.25) is 0 Å². The molecule has 1 aromatic carbocycles. The second kappa shape index (κ2) is 5.18. The van der Waals surface area contributed by atoms with Crippen molar-refractivity contribution in [1.29, 1.82) is 0 Å². The Morgan fingerprint density at radius 1 is 1.18 bits per heavy atom. The highest BCUT2D eigenvalue weighted by Gasteiger charge is 2.28. The van der Waals surface area contributed by atoms with Crippen molar-refractivity contribution >= 4 is 23.3 Å². The zero-order valence-corrected chi connectivity index (χ0v) is 9.26. The van der Waals surface area contributed by atoms with E-state index in [1.54, 1.807) is 24.3 Å². The predicted octanol–water partition coefficient (Wildman–Crippen LogP) is 2.99. The Morgan fingerprint density at radius 3 is 2.59 bits per heavy atom. The summed E-state index contributed by atoms with van der Waals surface area (Å²) in [6.07, 6.45) is -2.96. The van der Waals surface area contributed by atoms with Crippen molar-refractivity contribution in [2.75, 3.05) is 6.61 Å². The van der Waals surface area contributed by atoms with Crippen molar-refractivity contribution in [3.8, 4) is 6.01 Å². The Kier molecular flexibility index (Phi) is 4.11. The van der Waals surface area contributed by atoms with Gasteiger partial charge in [-0.05, 0) is 6.07 Å². The van der Waals surface area contributed by atoms with E-state index in [2.05, 4.69) is 14.7 Å². The van der Waals surface area contributed by atoms with Crippen molar-refractivity contribution in [3.63, 3.8) is 0 Å². The lowest BCUT2D eigenvalue weighted by Gasteiger charge is -2.07. The zero-order chi connectivity index (χ0) is 11.6. The van der Waals surface area contributed by atoms with Crippen LogP contribution in [0.25, 0.3) is 10.9 Å². The van der Waals surface area contributed by atoms with Crippen LogP contribution < -0.4 is 4.74 Å². The molecule has 92 valence electrons. The molecule has 0 aliphatic rings. The summed E-state index contributed by atoms with van der Waals surface area (Å²) in [5.74, 6) is 0. The SMILES string of the molecule is Cl.FC(F)(F)COc1ncc2ccccc2n1. The smallest absolute Gasteiger partial charge is 0.422 e. The van der Waals surface area contributed by atoms with Crippen LogP contribution in [0, 0.1) is 0 Å². The highest BCUT2D eigenvalue weighted by molar-refractivity contribution is 5.85. The fraction of sp³-hybridized carbons (Fsp3) is 0.200. The largest absolute Gasteiger partial charge is 0.454 e. The number of hydrogen-bond acceptors (Lipinski definition) is 3. The van der Waals surface area contributed by atoms with Crippen molar-refractivity contribution in [3.05, 3.63) is 30.5 Å². The fourth-order valence-electron chi connectivity index (χ4n) is 1.17. The molecule has 0 atom stereocenters. The molecule has 0 saturated carbocycles. The van der Waals surface area contributed by atoms with E-state index in [-0.39, 0.29) is 18.4 Å². The van der Waals surface area contributed by atoms with Crippen LogP contribution in [-0.4, -0.2) is 22.8 Å². The van der Waals surface area contributed by atoms with Gasteiger partial charge in [-0.2, -0.15) is 18.2 Å². The third-order valence-electron chi connectivity index (χ3n) is 1.83. The first-order valence-corrected chi connectivity index (χ1v) is 4.46. The standard InChI is InChI=1S/C10H7F3N2O.ClH/c11-10(12,13)6-16-9-14-5-7-3-1-2-4-8(7)15-9;/h1-5H,6H2;1H. The van der Waals surface area contributed by atoms with Gasteiger partial charge in [-0.1, -0.05) is 18.2 Å². The first-order chi connectivity index (χ1) is 7.54. The molecule has 0 N–H and O–H groups in total. The van der Waals surface area contributed by atoms with E-state index < -0.39 is 12.8 Å². The Hall–Kier alpha value is -1.56. The van der Waals surface area contributed by atoms with Gasteiger partial charge in [0.15, 0.2) is 6.61 Å². The average molecular weight is 265 g/mol. The van der Waals surface area contributed by atoms with Crippen LogP contribution in [0.1, 0.15) is 0 Å². The van der Waals surface area contributed by atoms with Crippen LogP contribution >= 0.6 is 12.4 Å². The second-order valence-electron chi connectivity index (χ2n) is 3.12. The minimum atomic E-state index is -4.38. The molecule has 3 nitrogen and oxygen atoms in total. The molecule has 0 aliphatic heterocycles. The maximum atomic E-state index is 11.9. The molecule has 0 unspecified atom stereocenters. The average Bonchev–Trinajstić information content (AvgIpc) is 2.25. The molecule has 1 aromatic heterocycles. The van der Waals surface area contributed by atoms with Gasteiger partial charge >= 0.3 is 12.2 Å². The molecule has 2 rings (SSSR count). The molecule has 0 aliphatic carbocycles. The molecule has 1 heterocycles. The van der Waals surface area contributed by atoms with Crippen LogP contribution in [0.2, 0.25) is 0 Å². The van der Waals surface area contributed by atoms with Crippen LogP contribution in [-0.2, 0) is 0 Å². The molecular formula is C10H8ClF3N2O. The molecule has 17 heavy (non-hydrogen) atoms. The van der Waals surface area contributed by atoms with Gasteiger partial charge in [0, 0.05) is 11.6 Å². The summed E-state index contributed by atoms with van der Waals surface area (Å²) in [5, 5.41) is 0.752. The van der Waals surface area contributed by atoms with Crippen LogP contribution in [0.5, 0.6) is 6.01 Å². The fourth-order valence-corrected chi connectivity index (χ4v) is 1.17. The van der Waals surface area contributed by atoms with Gasteiger partial charge in [0.25, 0.3) is 0 Å². The number of nitrogens with zero attached hydrogens (tertiary/aromatic N) is 2. The molecule has 7 heteroatoms. The molecule has 0 bridgehead atoms. The van der Waals surface area contributed by atoms with E-state index in [1.807, 2.05) is 0 Å². The van der Waals surface area contributed by atoms with E-state index in [4.69, 9.17) is 0 Å². The molecule has 0 radical (unpaired) electrons. The summed E-state index contributed by atoms with van der Waals surface area (Å²) >= 11 is 0. The van der Waals surface area contributed by atoms with Crippen molar-refractivity contribution in [2.45, 2.75) is 6.18 Å². The summed E-state index contributed by atoms with van der Waals surface area (Å²) in [5.41, 5.74) is 0.551. The van der Waals surface area contributed by atoms with Crippen molar-refractivity contribution in [1.82, 2.24) is 9.97 Å². The van der Waals surface area contributed by atoms with Gasteiger partial charge in [-0.3, -0.25) is 0 Å². The van der Waals surface area contributed by atoms with Crippen molar-refractivity contribution in [2.24, 2.45) is 0 Å². The van der Waals surface area contributed by atoms with E-state index >= 15 is 0 Å². The van der Waals surface area contributed by atoms with E-state index in [0.717, 1.165) is 5.39 Å². The molecule has 0 saturated heterocycles. The number of aromatic nitrogens is 2. The Morgan fingerprint density at radius 2 is 1.88 bits per heavy atom. The second-order valence-corrected chi connectivity index (χ2v) is 3.12. The highest BCUT2D eigenvalue weighted by Crippen LogP contribution is 2.17. The van der Waals surface area contributed by atoms with E-state index in [9.17, 15) is 13.2 Å². The van der Waals surface area contributed by atoms with Crippen LogP contribution in [0.3, 0.4) is 0 Å². The first kappa shape index (κ1) is 13.5. The summed E-state index contributed by atoms with van der Waals surface area (Å²) < 4.78 is 40.1. The number of ether oxygens (including phenoxy) is 1. The number of rotatable bonds is 2. The molecular weight excluding hydrogens is 257 g/mol. The maximum absolute atomic E-state index is 11.9. The predicted molar refractivity (Wildman–Crippen MR) is 58.3 cm³/mol. The van der Waals surface area contributed by atoms with Crippen molar-refractivity contribution < 1.29 is 17.9 Å². The quantitative estimate of drug-likeness (QED) is 0.836. The minimum Gasteiger partial charge on any atom is -0.454 e. The Bertz CT molecular complexity index is 504. The van der Waals surface area contributed by atoms with Gasteiger partial charge < -0.3 is 4.74 Å². The molecule has 0 spiro atoms. The number of hydrogen-bond donors (Lipinski definition) is 0. The minimum absolute atomic E-state index is 0. The summed E-state index contributed by atoms with van der Waals surface area (Å²) in [6.45, 7) is -1.38. The van der Waals surface area contributed by atoms with Gasteiger partial charge in [-0.15, -0.1) is 12.4 Å². The van der Waals surface area contributed by atoms with E-state index in [0.29, 0.717) is 5.52 Å². The Balaban J connectivity index is 0.00000144. The zero-order valence-electron chi connectivity index (χ0n) is 8.44. The number of fused-ring (bicyclic) bond motifs is 1. The van der Waals surface area contributed by atoms with Gasteiger partial charge in [0.1, 0.15) is 0 Å². The topological polar surface area (TPSA) is 35.0 Å². The summed E-state index contributed by atoms with van der Waals surface area (Å²) in [4.78, 5) is 7.52. The lowest BCUT2D eigenvalue weighted by atomic mass is 10.2. The number of halogens is 4. The number of benzene rings is 1. The normalized spacial score (nSPS) is 11.0. The van der Waals surface area contributed by atoms with Crippen LogP contribution in [0.15, 0.2) is 30.5 Å². The lowest BCUT2D eigenvalue weighted by molar-refractivity contribution is -0.154. The monoisotopic (exact) mass is 264 g/mol. The summed E-state index contributed by atoms with van der Waals surface area (Å²) in [7, 11) is 0. The van der Waals surface area contributed by atoms with Gasteiger partial charge in [0.05, 0.1) is 5.52 Å². The Labute approximate surface area is 101 Å². The third-order valence-corrected chi connectivity index (χ3v) is 1.83. The molecule has 0 amide bonds. The third kappa shape index (κ3) is 3.74. The number of para-hydroxylation sites is 1. The highest BCUT2D eigenvalue weighted by atomic mass is 35.5. The lowest BCUT2D eigenvalue weighted by Crippen LogP contribution is -2.20.